The third kappa shape index (κ3) is 5.24. The molecule has 194 valence electrons. The van der Waals surface area contributed by atoms with Crippen molar-refractivity contribution in [2.24, 2.45) is 5.92 Å². The molecule has 0 saturated carbocycles. The molecular weight excluding hydrogens is 493 g/mol. The Morgan fingerprint density at radius 2 is 1.81 bits per heavy atom. The summed E-state index contributed by atoms with van der Waals surface area (Å²) >= 11 is 0. The lowest BCUT2D eigenvalue weighted by Crippen LogP contribution is -2.44. The first kappa shape index (κ1) is 25.4. The van der Waals surface area contributed by atoms with E-state index in [1.807, 2.05) is 12.1 Å². The van der Waals surface area contributed by atoms with Crippen LogP contribution >= 0.6 is 0 Å². The third-order valence-corrected chi connectivity index (χ3v) is 9.32. The van der Waals surface area contributed by atoms with Gasteiger partial charge in [-0.15, -0.1) is 0 Å². The van der Waals surface area contributed by atoms with Crippen LogP contribution in [-0.4, -0.2) is 36.9 Å². The van der Waals surface area contributed by atoms with Crippen LogP contribution in [0.5, 0.6) is 0 Å². The van der Waals surface area contributed by atoms with Crippen LogP contribution in [0.3, 0.4) is 0 Å². The summed E-state index contributed by atoms with van der Waals surface area (Å²) in [6.07, 6.45) is 6.73. The fourth-order valence-corrected chi connectivity index (χ4v) is 6.98. The molecule has 9 heteroatoms. The van der Waals surface area contributed by atoms with Crippen molar-refractivity contribution in [2.45, 2.75) is 50.0 Å². The molecule has 2 heterocycles. The van der Waals surface area contributed by atoms with Crippen LogP contribution in [0.1, 0.15) is 59.9 Å². The van der Waals surface area contributed by atoms with Crippen LogP contribution in [0.2, 0.25) is 0 Å². The summed E-state index contributed by atoms with van der Waals surface area (Å²) in [6.45, 7) is 2.02. The molecule has 0 unspecified atom stereocenters. The smallest absolute Gasteiger partial charge is 0.248 e. The first-order chi connectivity index (χ1) is 17.8. The van der Waals surface area contributed by atoms with Crippen molar-refractivity contribution in [1.29, 1.82) is 0 Å². The molecule has 0 bridgehead atoms. The van der Waals surface area contributed by atoms with E-state index < -0.39 is 15.8 Å². The highest BCUT2D eigenvalue weighted by molar-refractivity contribution is 7.89. The summed E-state index contributed by atoms with van der Waals surface area (Å²) in [5, 5.41) is 7.06. The molecule has 5 rings (SSSR count). The Labute approximate surface area is 216 Å². The number of hydrogen-bond donors (Lipinski definition) is 1. The number of aryl methyl sites for hydroxylation is 2. The van der Waals surface area contributed by atoms with Gasteiger partial charge in [0.05, 0.1) is 6.04 Å². The Bertz CT molecular complexity index is 1420. The van der Waals surface area contributed by atoms with Crippen LogP contribution in [0.15, 0.2) is 57.9 Å². The fraction of sp³-hybridized carbons (Fsp3) is 0.357. The van der Waals surface area contributed by atoms with Crippen molar-refractivity contribution in [1.82, 2.24) is 14.8 Å². The van der Waals surface area contributed by atoms with Gasteiger partial charge in [-0.2, -0.15) is 4.31 Å². The standard InChI is InChI=1S/C28H30FN3O4S/c1-19-27(26(36-31-19)14-13-21-8-3-5-11-24(21)29)37(34,35)32-17-15-22(16-18-32)28(33)30-25-12-6-9-20-7-2-4-10-23(20)25/h2-5,7-8,10-11,13-14,22,25H,6,9,12,15-18H2,1H3,(H,30,33)/b14-13+/t25-/m1/s1. The van der Waals surface area contributed by atoms with Gasteiger partial charge in [0.2, 0.25) is 15.9 Å². The second-order valence-corrected chi connectivity index (χ2v) is 11.5. The van der Waals surface area contributed by atoms with Crippen LogP contribution in [-0.2, 0) is 21.2 Å². The first-order valence-corrected chi connectivity index (χ1v) is 14.1. The predicted molar refractivity (Wildman–Crippen MR) is 138 cm³/mol. The van der Waals surface area contributed by atoms with Crippen LogP contribution in [0.25, 0.3) is 12.2 Å². The van der Waals surface area contributed by atoms with E-state index in [0.29, 0.717) is 18.4 Å². The number of amides is 1. The molecule has 1 aliphatic heterocycles. The summed E-state index contributed by atoms with van der Waals surface area (Å²) in [5.41, 5.74) is 3.02. The Morgan fingerprint density at radius 1 is 1.08 bits per heavy atom. The number of carbonyl (C=O) groups is 1. The number of halogens is 1. The number of nitrogens with zero attached hydrogens (tertiary/aromatic N) is 2. The maximum atomic E-state index is 14.0. The van der Waals surface area contributed by atoms with Gasteiger partial charge < -0.3 is 9.84 Å². The lowest BCUT2D eigenvalue weighted by molar-refractivity contribution is -0.127. The zero-order valence-electron chi connectivity index (χ0n) is 20.7. The molecule has 1 saturated heterocycles. The number of carbonyl (C=O) groups excluding carboxylic acids is 1. The lowest BCUT2D eigenvalue weighted by atomic mass is 9.87. The zero-order chi connectivity index (χ0) is 26.0. The van der Waals surface area contributed by atoms with E-state index in [4.69, 9.17) is 4.52 Å². The summed E-state index contributed by atoms with van der Waals surface area (Å²) < 4.78 is 47.7. The summed E-state index contributed by atoms with van der Waals surface area (Å²) in [5.74, 6) is -0.633. The molecule has 0 spiro atoms. The van der Waals surface area contributed by atoms with Gasteiger partial charge >= 0.3 is 0 Å². The average Bonchev–Trinajstić information content (AvgIpc) is 3.29. The van der Waals surface area contributed by atoms with Gasteiger partial charge in [-0.05, 0) is 68.4 Å². The molecule has 1 atom stereocenters. The van der Waals surface area contributed by atoms with E-state index in [2.05, 4.69) is 22.6 Å². The minimum absolute atomic E-state index is 0.00247. The monoisotopic (exact) mass is 523 g/mol. The molecule has 1 aromatic heterocycles. The Balaban J connectivity index is 1.26. The Kier molecular flexibility index (Phi) is 7.26. The quantitative estimate of drug-likeness (QED) is 0.497. The SMILES string of the molecule is Cc1noc(/C=C/c2ccccc2F)c1S(=O)(=O)N1CCC(C(=O)N[C@@H]2CCCc3ccccc32)CC1. The Hall–Kier alpha value is -3.30. The lowest BCUT2D eigenvalue weighted by Gasteiger charge is -2.32. The van der Waals surface area contributed by atoms with Gasteiger partial charge in [-0.3, -0.25) is 4.79 Å². The van der Waals surface area contributed by atoms with Gasteiger partial charge in [0.25, 0.3) is 0 Å². The van der Waals surface area contributed by atoms with Crippen LogP contribution < -0.4 is 5.32 Å². The molecular formula is C28H30FN3O4S. The summed E-state index contributed by atoms with van der Waals surface area (Å²) in [4.78, 5) is 13.0. The normalized spacial score (nSPS) is 19.1. The Morgan fingerprint density at radius 3 is 2.59 bits per heavy atom. The van der Waals surface area contributed by atoms with Crippen LogP contribution in [0.4, 0.5) is 4.39 Å². The minimum Gasteiger partial charge on any atom is -0.355 e. The first-order valence-electron chi connectivity index (χ1n) is 12.6. The molecule has 1 amide bonds. The number of piperidine rings is 1. The van der Waals surface area contributed by atoms with Crippen molar-refractivity contribution >= 4 is 28.1 Å². The van der Waals surface area contributed by atoms with Gasteiger partial charge in [0, 0.05) is 24.6 Å². The fourth-order valence-electron chi connectivity index (χ4n) is 5.26. The van der Waals surface area contributed by atoms with Gasteiger partial charge in [0.15, 0.2) is 10.7 Å². The summed E-state index contributed by atoms with van der Waals surface area (Å²) in [6, 6.07) is 14.4. The van der Waals surface area contributed by atoms with E-state index in [9.17, 15) is 17.6 Å². The van der Waals surface area contributed by atoms with Crippen molar-refractivity contribution in [3.05, 3.63) is 82.5 Å². The van der Waals surface area contributed by atoms with Crippen molar-refractivity contribution in [3.63, 3.8) is 0 Å². The average molecular weight is 524 g/mol. The molecule has 1 fully saturated rings. The van der Waals surface area contributed by atoms with Crippen molar-refractivity contribution in [2.75, 3.05) is 13.1 Å². The molecule has 1 N–H and O–H groups in total. The second kappa shape index (κ2) is 10.6. The number of benzene rings is 2. The van der Waals surface area contributed by atoms with Crippen LogP contribution in [0, 0.1) is 18.7 Å². The van der Waals surface area contributed by atoms with E-state index in [-0.39, 0.29) is 47.3 Å². The predicted octanol–water partition coefficient (Wildman–Crippen LogP) is 4.89. The highest BCUT2D eigenvalue weighted by Gasteiger charge is 2.36. The molecule has 3 aromatic rings. The molecule has 7 nitrogen and oxygen atoms in total. The molecule has 2 aromatic carbocycles. The zero-order valence-corrected chi connectivity index (χ0v) is 21.5. The third-order valence-electron chi connectivity index (χ3n) is 7.26. The maximum Gasteiger partial charge on any atom is 0.248 e. The number of nitrogens with one attached hydrogen (secondary N) is 1. The van der Waals surface area contributed by atoms with Gasteiger partial charge in [-0.1, -0.05) is 47.6 Å². The topological polar surface area (TPSA) is 92.5 Å². The molecule has 0 radical (unpaired) electrons. The molecule has 2 aliphatic rings. The highest BCUT2D eigenvalue weighted by Crippen LogP contribution is 2.32. The number of hydrogen-bond acceptors (Lipinski definition) is 5. The van der Waals surface area contributed by atoms with E-state index in [1.165, 1.54) is 33.7 Å². The van der Waals surface area contributed by atoms with Crippen molar-refractivity contribution < 1.29 is 22.1 Å². The maximum absolute atomic E-state index is 14.0. The van der Waals surface area contributed by atoms with Gasteiger partial charge in [0.1, 0.15) is 11.5 Å². The van der Waals surface area contributed by atoms with E-state index >= 15 is 0 Å². The minimum atomic E-state index is -3.91. The van der Waals surface area contributed by atoms with Gasteiger partial charge in [-0.25, -0.2) is 12.8 Å². The largest absolute Gasteiger partial charge is 0.355 e. The van der Waals surface area contributed by atoms with E-state index in [0.717, 1.165) is 19.3 Å². The highest BCUT2D eigenvalue weighted by atomic mass is 32.2. The van der Waals surface area contributed by atoms with Crippen molar-refractivity contribution in [3.8, 4) is 0 Å². The summed E-state index contributed by atoms with van der Waals surface area (Å²) in [7, 11) is -3.91. The van der Waals surface area contributed by atoms with E-state index in [1.54, 1.807) is 25.1 Å². The number of aromatic nitrogens is 1. The molecule has 1 aliphatic carbocycles. The number of rotatable bonds is 6. The number of fused-ring (bicyclic) bond motifs is 1. The number of sulfonamides is 1. The second-order valence-electron chi connectivity index (χ2n) is 9.65. The molecule has 37 heavy (non-hydrogen) atoms.